The van der Waals surface area contributed by atoms with E-state index >= 15 is 0 Å². The van der Waals surface area contributed by atoms with Gasteiger partial charge in [0, 0.05) is 19.5 Å². The molecule has 6 nitrogen and oxygen atoms in total. The van der Waals surface area contributed by atoms with Crippen molar-refractivity contribution in [3.63, 3.8) is 0 Å². The van der Waals surface area contributed by atoms with Gasteiger partial charge >= 0.3 is 0 Å². The summed E-state index contributed by atoms with van der Waals surface area (Å²) in [6.45, 7) is 3.13. The lowest BCUT2D eigenvalue weighted by Crippen LogP contribution is -2.35. The molecule has 0 spiro atoms. The molecule has 36 heavy (non-hydrogen) atoms. The van der Waals surface area contributed by atoms with Gasteiger partial charge in [0.2, 0.25) is 15.9 Å². The standard InChI is InChI=1S/C29H34N2O4S/c1-22-10-9-13-25(20-22)29(23-11-5-3-6-12-23)30-28(32)17-14-24-21-26(15-16-27(24)35-2)36(33,34)31-18-7-4-8-19-31/h3,5-6,9-13,15-16,20-21,29H,4,7-8,14,17-19H2,1-2H3,(H,30,32). The largest absolute Gasteiger partial charge is 0.496 e. The molecular weight excluding hydrogens is 472 g/mol. The minimum Gasteiger partial charge on any atom is -0.496 e. The lowest BCUT2D eigenvalue weighted by molar-refractivity contribution is -0.121. The molecule has 0 saturated carbocycles. The van der Waals surface area contributed by atoms with Gasteiger partial charge in [-0.05, 0) is 61.1 Å². The predicted octanol–water partition coefficient (Wildman–Crippen LogP) is 5.02. The van der Waals surface area contributed by atoms with Crippen LogP contribution in [0.2, 0.25) is 0 Å². The first-order chi connectivity index (χ1) is 17.4. The molecule has 1 aliphatic heterocycles. The van der Waals surface area contributed by atoms with Gasteiger partial charge in [0.15, 0.2) is 0 Å². The van der Waals surface area contributed by atoms with E-state index in [0.717, 1.165) is 36.0 Å². The number of carbonyl (C=O) groups excluding carboxylic acids is 1. The Balaban J connectivity index is 1.51. The summed E-state index contributed by atoms with van der Waals surface area (Å²) in [6, 6.07) is 22.7. The summed E-state index contributed by atoms with van der Waals surface area (Å²) in [7, 11) is -2.01. The van der Waals surface area contributed by atoms with Crippen LogP contribution in [0.5, 0.6) is 5.75 Å². The third-order valence-corrected chi connectivity index (χ3v) is 8.53. The highest BCUT2D eigenvalue weighted by molar-refractivity contribution is 7.89. The maximum Gasteiger partial charge on any atom is 0.243 e. The summed E-state index contributed by atoms with van der Waals surface area (Å²) in [6.07, 6.45) is 3.39. The van der Waals surface area contributed by atoms with Crippen molar-refractivity contribution in [2.45, 2.75) is 50.0 Å². The van der Waals surface area contributed by atoms with E-state index in [1.807, 2.05) is 55.5 Å². The van der Waals surface area contributed by atoms with Gasteiger partial charge in [-0.1, -0.05) is 66.6 Å². The van der Waals surface area contributed by atoms with Gasteiger partial charge in [0.25, 0.3) is 0 Å². The first-order valence-electron chi connectivity index (χ1n) is 12.5. The quantitative estimate of drug-likeness (QED) is 0.442. The second-order valence-electron chi connectivity index (χ2n) is 9.26. The Morgan fingerprint density at radius 2 is 1.67 bits per heavy atom. The molecule has 0 aromatic heterocycles. The number of methoxy groups -OCH3 is 1. The van der Waals surface area contributed by atoms with Crippen molar-refractivity contribution in [3.8, 4) is 5.75 Å². The summed E-state index contributed by atoms with van der Waals surface area (Å²) >= 11 is 0. The third-order valence-electron chi connectivity index (χ3n) is 6.64. The van der Waals surface area contributed by atoms with E-state index in [1.54, 1.807) is 29.6 Å². The maximum atomic E-state index is 13.2. The van der Waals surface area contributed by atoms with Crippen LogP contribution in [0.1, 0.15) is 54.0 Å². The molecule has 1 atom stereocenters. The molecule has 0 aliphatic carbocycles. The zero-order chi connectivity index (χ0) is 25.5. The fourth-order valence-electron chi connectivity index (χ4n) is 4.70. The lowest BCUT2D eigenvalue weighted by Gasteiger charge is -2.26. The molecular formula is C29H34N2O4S. The second kappa shape index (κ2) is 11.7. The van der Waals surface area contributed by atoms with Gasteiger partial charge in [0.1, 0.15) is 5.75 Å². The van der Waals surface area contributed by atoms with Crippen molar-refractivity contribution in [1.82, 2.24) is 9.62 Å². The minimum atomic E-state index is -3.57. The molecule has 3 aromatic carbocycles. The van der Waals surface area contributed by atoms with Crippen molar-refractivity contribution in [3.05, 3.63) is 95.1 Å². The number of carbonyl (C=O) groups is 1. The van der Waals surface area contributed by atoms with E-state index in [1.165, 1.54) is 0 Å². The van der Waals surface area contributed by atoms with E-state index in [4.69, 9.17) is 4.74 Å². The maximum absolute atomic E-state index is 13.2. The smallest absolute Gasteiger partial charge is 0.243 e. The first-order valence-corrected chi connectivity index (χ1v) is 13.9. The molecule has 190 valence electrons. The van der Waals surface area contributed by atoms with E-state index in [0.29, 0.717) is 30.8 Å². The Kier molecular flexibility index (Phi) is 8.44. The molecule has 3 aromatic rings. The number of benzene rings is 3. The second-order valence-corrected chi connectivity index (χ2v) is 11.2. The van der Waals surface area contributed by atoms with Crippen LogP contribution in [0.15, 0.2) is 77.7 Å². The number of hydrogen-bond acceptors (Lipinski definition) is 4. The highest BCUT2D eigenvalue weighted by atomic mass is 32.2. The van der Waals surface area contributed by atoms with Crippen LogP contribution in [-0.2, 0) is 21.2 Å². The zero-order valence-corrected chi connectivity index (χ0v) is 21.8. The molecule has 1 unspecified atom stereocenters. The van der Waals surface area contributed by atoms with Crippen LogP contribution in [0, 0.1) is 6.92 Å². The summed E-state index contributed by atoms with van der Waals surface area (Å²) in [5.41, 5.74) is 3.85. The van der Waals surface area contributed by atoms with Gasteiger partial charge in [-0.25, -0.2) is 8.42 Å². The van der Waals surface area contributed by atoms with Crippen LogP contribution >= 0.6 is 0 Å². The van der Waals surface area contributed by atoms with Gasteiger partial charge in [-0.15, -0.1) is 0 Å². The summed E-state index contributed by atoms with van der Waals surface area (Å²) in [4.78, 5) is 13.4. The van der Waals surface area contributed by atoms with Crippen molar-refractivity contribution in [2.75, 3.05) is 20.2 Å². The van der Waals surface area contributed by atoms with Gasteiger partial charge in [-0.2, -0.15) is 4.31 Å². The van der Waals surface area contributed by atoms with Crippen molar-refractivity contribution in [1.29, 1.82) is 0 Å². The molecule has 7 heteroatoms. The van der Waals surface area contributed by atoms with Crippen LogP contribution in [0.25, 0.3) is 0 Å². The van der Waals surface area contributed by atoms with Crippen LogP contribution < -0.4 is 10.1 Å². The Bertz CT molecular complexity index is 1290. The van der Waals surface area contributed by atoms with Crippen molar-refractivity contribution >= 4 is 15.9 Å². The number of amides is 1. The van der Waals surface area contributed by atoms with Gasteiger partial charge in [-0.3, -0.25) is 4.79 Å². The lowest BCUT2D eigenvalue weighted by atomic mass is 9.97. The normalized spacial score (nSPS) is 15.3. The average molecular weight is 507 g/mol. The fraction of sp³-hybridized carbons (Fsp3) is 0.345. The predicted molar refractivity (Wildman–Crippen MR) is 142 cm³/mol. The molecule has 0 radical (unpaired) electrons. The van der Waals surface area contributed by atoms with Crippen LogP contribution in [0.3, 0.4) is 0 Å². The Morgan fingerprint density at radius 1 is 0.944 bits per heavy atom. The molecule has 4 rings (SSSR count). The van der Waals surface area contributed by atoms with E-state index < -0.39 is 10.0 Å². The molecule has 1 saturated heterocycles. The molecule has 0 bridgehead atoms. The molecule has 1 aliphatic rings. The summed E-state index contributed by atoms with van der Waals surface area (Å²) in [5, 5.41) is 3.17. The SMILES string of the molecule is COc1ccc(S(=O)(=O)N2CCCCC2)cc1CCC(=O)NC(c1ccccc1)c1cccc(C)c1. The first kappa shape index (κ1) is 25.9. The van der Waals surface area contributed by atoms with Crippen molar-refractivity contribution < 1.29 is 17.9 Å². The van der Waals surface area contributed by atoms with E-state index in [-0.39, 0.29) is 23.3 Å². The van der Waals surface area contributed by atoms with Crippen molar-refractivity contribution in [2.24, 2.45) is 0 Å². The number of rotatable bonds is 9. The zero-order valence-electron chi connectivity index (χ0n) is 20.9. The average Bonchev–Trinajstić information content (AvgIpc) is 2.91. The number of nitrogens with one attached hydrogen (secondary N) is 1. The van der Waals surface area contributed by atoms with Crippen LogP contribution in [-0.4, -0.2) is 38.8 Å². The molecule has 1 amide bonds. The highest BCUT2D eigenvalue weighted by Crippen LogP contribution is 2.28. The monoisotopic (exact) mass is 506 g/mol. The topological polar surface area (TPSA) is 75.7 Å². The van der Waals surface area contributed by atoms with Gasteiger partial charge < -0.3 is 10.1 Å². The number of ether oxygens (including phenoxy) is 1. The number of aryl methyl sites for hydroxylation is 2. The fourth-order valence-corrected chi connectivity index (χ4v) is 6.27. The summed E-state index contributed by atoms with van der Waals surface area (Å²) in [5.74, 6) is 0.468. The third kappa shape index (κ3) is 6.15. The highest BCUT2D eigenvalue weighted by Gasteiger charge is 2.27. The minimum absolute atomic E-state index is 0.114. The Morgan fingerprint density at radius 3 is 2.36 bits per heavy atom. The Labute approximate surface area is 214 Å². The van der Waals surface area contributed by atoms with E-state index in [2.05, 4.69) is 11.4 Å². The van der Waals surface area contributed by atoms with Crippen LogP contribution in [0.4, 0.5) is 0 Å². The van der Waals surface area contributed by atoms with Gasteiger partial charge in [0.05, 0.1) is 18.0 Å². The summed E-state index contributed by atoms with van der Waals surface area (Å²) < 4.78 is 33.4. The number of sulfonamides is 1. The number of piperidine rings is 1. The number of hydrogen-bond donors (Lipinski definition) is 1. The molecule has 1 N–H and O–H groups in total. The molecule has 1 heterocycles. The van der Waals surface area contributed by atoms with E-state index in [9.17, 15) is 13.2 Å². The Hall–Kier alpha value is -3.16. The molecule has 1 fully saturated rings. The number of nitrogens with zero attached hydrogens (tertiary/aromatic N) is 1.